The molecule has 424 valence electrons. The molecule has 0 aliphatic heterocycles. The second-order valence-electron chi connectivity index (χ2n) is 21.3. The van der Waals surface area contributed by atoms with Gasteiger partial charge in [0, 0.05) is 19.3 Å². The summed E-state index contributed by atoms with van der Waals surface area (Å²) in [6.07, 6.45) is 77.9. The van der Waals surface area contributed by atoms with E-state index < -0.39 is 6.10 Å². The molecule has 6 nitrogen and oxygen atoms in total. The van der Waals surface area contributed by atoms with Crippen molar-refractivity contribution in [2.45, 2.75) is 335 Å². The molecule has 73 heavy (non-hydrogen) atoms. The monoisotopic (exact) mass is 1020 g/mol. The van der Waals surface area contributed by atoms with Gasteiger partial charge >= 0.3 is 17.9 Å². The van der Waals surface area contributed by atoms with E-state index in [1.54, 1.807) is 0 Å². The number of carbonyl (C=O) groups excluding carboxylic acids is 3. The van der Waals surface area contributed by atoms with Crippen LogP contribution in [0.2, 0.25) is 0 Å². The van der Waals surface area contributed by atoms with Gasteiger partial charge in [-0.1, -0.05) is 287 Å². The zero-order valence-electron chi connectivity index (χ0n) is 48.7. The summed E-state index contributed by atoms with van der Waals surface area (Å²) in [4.78, 5) is 38.3. The Morgan fingerprint density at radius 3 is 0.808 bits per heavy atom. The normalized spacial score (nSPS) is 12.4. The number of rotatable bonds is 58. The molecule has 0 bridgehead atoms. The van der Waals surface area contributed by atoms with E-state index in [-0.39, 0.29) is 31.1 Å². The topological polar surface area (TPSA) is 78.9 Å². The van der Waals surface area contributed by atoms with E-state index in [2.05, 4.69) is 81.5 Å². The summed E-state index contributed by atoms with van der Waals surface area (Å²) in [5.74, 6) is -0.878. The molecule has 0 saturated heterocycles. The molecule has 0 saturated carbocycles. The van der Waals surface area contributed by atoms with Crippen molar-refractivity contribution in [1.29, 1.82) is 0 Å². The summed E-state index contributed by atoms with van der Waals surface area (Å²) in [6, 6.07) is 0. The van der Waals surface area contributed by atoms with Crippen LogP contribution in [0.4, 0.5) is 0 Å². The van der Waals surface area contributed by atoms with Crippen molar-refractivity contribution in [1.82, 2.24) is 0 Å². The number of unbranched alkanes of at least 4 members (excludes halogenated alkanes) is 37. The first-order valence-electron chi connectivity index (χ1n) is 31.8. The van der Waals surface area contributed by atoms with Crippen molar-refractivity contribution < 1.29 is 28.6 Å². The van der Waals surface area contributed by atoms with Crippen molar-refractivity contribution in [3.05, 3.63) is 60.8 Å². The lowest BCUT2D eigenvalue weighted by Gasteiger charge is -2.18. The fourth-order valence-electron chi connectivity index (χ4n) is 9.17. The van der Waals surface area contributed by atoms with Crippen LogP contribution in [-0.4, -0.2) is 37.2 Å². The molecular weight excluding hydrogens is 901 g/mol. The van der Waals surface area contributed by atoms with E-state index in [9.17, 15) is 14.4 Å². The van der Waals surface area contributed by atoms with Gasteiger partial charge in [-0.15, -0.1) is 0 Å². The highest BCUT2D eigenvalue weighted by molar-refractivity contribution is 5.71. The lowest BCUT2D eigenvalue weighted by molar-refractivity contribution is -0.167. The fourth-order valence-corrected chi connectivity index (χ4v) is 9.17. The molecule has 0 amide bonds. The van der Waals surface area contributed by atoms with Crippen LogP contribution < -0.4 is 0 Å². The predicted molar refractivity (Wildman–Crippen MR) is 316 cm³/mol. The van der Waals surface area contributed by atoms with Gasteiger partial charge in [0.1, 0.15) is 13.2 Å². The van der Waals surface area contributed by atoms with Crippen LogP contribution in [0.5, 0.6) is 0 Å². The van der Waals surface area contributed by atoms with Crippen LogP contribution in [0.1, 0.15) is 329 Å². The highest BCUT2D eigenvalue weighted by Gasteiger charge is 2.19. The summed E-state index contributed by atoms with van der Waals surface area (Å²) < 4.78 is 16.9. The van der Waals surface area contributed by atoms with E-state index >= 15 is 0 Å². The maximum atomic E-state index is 12.9. The molecule has 0 radical (unpaired) electrons. The molecular formula is C67H120O6. The molecule has 0 heterocycles. The third-order valence-corrected chi connectivity index (χ3v) is 14.0. The van der Waals surface area contributed by atoms with Gasteiger partial charge in [0.05, 0.1) is 0 Å². The van der Waals surface area contributed by atoms with Crippen LogP contribution in [0, 0.1) is 0 Å². The van der Waals surface area contributed by atoms with Gasteiger partial charge in [-0.2, -0.15) is 0 Å². The zero-order chi connectivity index (χ0) is 52.9. The first-order chi connectivity index (χ1) is 36.0. The molecule has 1 unspecified atom stereocenters. The summed E-state index contributed by atoms with van der Waals surface area (Å²) in [5.41, 5.74) is 0. The third-order valence-electron chi connectivity index (χ3n) is 14.0. The average molecular weight is 1020 g/mol. The second kappa shape index (κ2) is 61.7. The summed E-state index contributed by atoms with van der Waals surface area (Å²) >= 11 is 0. The minimum atomic E-state index is -0.780. The van der Waals surface area contributed by atoms with Crippen LogP contribution >= 0.6 is 0 Å². The Morgan fingerprint density at radius 2 is 0.507 bits per heavy atom. The number of carbonyl (C=O) groups is 3. The molecule has 0 rings (SSSR count). The van der Waals surface area contributed by atoms with E-state index in [0.717, 1.165) is 89.9 Å². The van der Waals surface area contributed by atoms with Gasteiger partial charge < -0.3 is 14.2 Å². The lowest BCUT2D eigenvalue weighted by Crippen LogP contribution is -2.30. The molecule has 1 atom stereocenters. The Kier molecular flexibility index (Phi) is 59.2. The quantitative estimate of drug-likeness (QED) is 0.0261. The Hall–Kier alpha value is -2.89. The maximum Gasteiger partial charge on any atom is 0.306 e. The molecule has 0 fully saturated rings. The number of esters is 3. The lowest BCUT2D eigenvalue weighted by atomic mass is 10.0. The van der Waals surface area contributed by atoms with E-state index in [1.165, 1.54) is 199 Å². The van der Waals surface area contributed by atoms with Crippen LogP contribution in [0.25, 0.3) is 0 Å². The Morgan fingerprint density at radius 1 is 0.274 bits per heavy atom. The molecule has 0 spiro atoms. The average Bonchev–Trinajstić information content (AvgIpc) is 3.39. The highest BCUT2D eigenvalue weighted by atomic mass is 16.6. The summed E-state index contributed by atoms with van der Waals surface area (Å²) in [6.45, 7) is 6.62. The molecule has 0 aliphatic rings. The maximum absolute atomic E-state index is 12.9. The Labute approximate surface area is 453 Å². The van der Waals surface area contributed by atoms with E-state index in [4.69, 9.17) is 14.2 Å². The van der Waals surface area contributed by atoms with Crippen molar-refractivity contribution in [3.63, 3.8) is 0 Å². The first-order valence-corrected chi connectivity index (χ1v) is 31.8. The molecule has 0 aromatic heterocycles. The molecule has 6 heteroatoms. The SMILES string of the molecule is CCCC/C=C\C/C=C\CCCCCCCC(=O)OCC(COC(=O)CCCCCCCCCCCC/C=C\C/C=C\C/C=C\CCCCCCC)OC(=O)CCCCCCCCCCCCCCCCCC. The van der Waals surface area contributed by atoms with E-state index in [0.29, 0.717) is 19.3 Å². The Balaban J connectivity index is 4.30. The highest BCUT2D eigenvalue weighted by Crippen LogP contribution is 2.17. The van der Waals surface area contributed by atoms with Gasteiger partial charge in [0.15, 0.2) is 6.10 Å². The standard InChI is InChI=1S/C67H120O6/c1-4-7-10-13-16-19-22-25-28-30-31-32-33-34-35-36-37-38-40-42-45-48-51-54-57-60-66(69)72-63-64(62-71-65(68)59-56-53-50-47-44-41-27-24-21-18-15-12-9-6-3)73-67(70)61-58-55-52-49-46-43-39-29-26-23-20-17-14-11-8-5-2/h15,18,22,24-25,27,30-31,33-34,64H,4-14,16-17,19-21,23,26,28-29,32,35-63H2,1-3H3/b18-15-,25-22-,27-24-,31-30-,34-33-. The smallest absolute Gasteiger partial charge is 0.306 e. The first kappa shape index (κ1) is 70.1. The number of allylic oxidation sites excluding steroid dienone is 10. The second-order valence-corrected chi connectivity index (χ2v) is 21.3. The Bertz CT molecular complexity index is 1310. The van der Waals surface area contributed by atoms with Gasteiger partial charge in [-0.05, 0) is 83.5 Å². The summed E-state index contributed by atoms with van der Waals surface area (Å²) in [5, 5.41) is 0. The molecule has 0 aromatic carbocycles. The molecule has 0 N–H and O–H groups in total. The number of ether oxygens (including phenoxy) is 3. The van der Waals surface area contributed by atoms with Crippen molar-refractivity contribution in [2.24, 2.45) is 0 Å². The molecule has 0 aromatic rings. The van der Waals surface area contributed by atoms with Crippen LogP contribution in [-0.2, 0) is 28.6 Å². The predicted octanol–water partition coefficient (Wildman–Crippen LogP) is 21.6. The minimum absolute atomic E-state index is 0.0779. The van der Waals surface area contributed by atoms with Gasteiger partial charge in [0.25, 0.3) is 0 Å². The van der Waals surface area contributed by atoms with Crippen molar-refractivity contribution in [2.75, 3.05) is 13.2 Å². The van der Waals surface area contributed by atoms with Gasteiger partial charge in [0.2, 0.25) is 0 Å². The fraction of sp³-hybridized carbons (Fsp3) is 0.806. The zero-order valence-corrected chi connectivity index (χ0v) is 48.7. The largest absolute Gasteiger partial charge is 0.462 e. The van der Waals surface area contributed by atoms with Gasteiger partial charge in [-0.25, -0.2) is 0 Å². The van der Waals surface area contributed by atoms with Crippen LogP contribution in [0.15, 0.2) is 60.8 Å². The van der Waals surface area contributed by atoms with Gasteiger partial charge in [-0.3, -0.25) is 14.4 Å². The van der Waals surface area contributed by atoms with Crippen LogP contribution in [0.3, 0.4) is 0 Å². The third kappa shape index (κ3) is 59.9. The number of hydrogen-bond acceptors (Lipinski definition) is 6. The van der Waals surface area contributed by atoms with E-state index in [1.807, 2.05) is 0 Å². The van der Waals surface area contributed by atoms with Crippen molar-refractivity contribution in [3.8, 4) is 0 Å². The summed E-state index contributed by atoms with van der Waals surface area (Å²) in [7, 11) is 0. The number of hydrogen-bond donors (Lipinski definition) is 0. The minimum Gasteiger partial charge on any atom is -0.462 e. The molecule has 0 aliphatic carbocycles. The van der Waals surface area contributed by atoms with Crippen molar-refractivity contribution >= 4 is 17.9 Å².